The van der Waals surface area contributed by atoms with Gasteiger partial charge in [-0.3, -0.25) is 4.79 Å². The fourth-order valence-corrected chi connectivity index (χ4v) is 3.43. The highest BCUT2D eigenvalue weighted by atomic mass is 16.5. The highest BCUT2D eigenvalue weighted by Gasteiger charge is 2.36. The Morgan fingerprint density at radius 2 is 1.85 bits per heavy atom. The second-order valence-corrected chi connectivity index (χ2v) is 5.94. The predicted molar refractivity (Wildman–Crippen MR) is 75.7 cm³/mol. The van der Waals surface area contributed by atoms with E-state index in [1.54, 1.807) is 13.3 Å². The quantitative estimate of drug-likeness (QED) is 0.777. The number of carbonyl (C=O) groups is 1. The molecule has 0 N–H and O–H groups in total. The van der Waals surface area contributed by atoms with Gasteiger partial charge in [-0.1, -0.05) is 25.7 Å². The number of methoxy groups -OCH3 is 1. The molecule has 0 aliphatic heterocycles. The minimum Gasteiger partial charge on any atom is -0.370 e. The number of ketones is 1. The summed E-state index contributed by atoms with van der Waals surface area (Å²) in [6.07, 6.45) is 10.9. The van der Waals surface area contributed by atoms with Crippen LogP contribution in [0.25, 0.3) is 0 Å². The number of rotatable bonds is 2. The van der Waals surface area contributed by atoms with E-state index in [2.05, 4.69) is 4.98 Å². The molecule has 0 spiro atoms. The Morgan fingerprint density at radius 3 is 2.55 bits per heavy atom. The normalized spacial score (nSPS) is 22.1. The lowest BCUT2D eigenvalue weighted by Crippen LogP contribution is -2.31. The van der Waals surface area contributed by atoms with Gasteiger partial charge in [-0.05, 0) is 25.7 Å². The third kappa shape index (κ3) is 2.37. The fraction of sp³-hybridized carbons (Fsp3) is 0.688. The number of aryl methyl sites for hydroxylation is 1. The Balaban J connectivity index is 1.97. The molecule has 4 nitrogen and oxygen atoms in total. The summed E-state index contributed by atoms with van der Waals surface area (Å²) in [5.74, 6) is 0.973. The smallest absolute Gasteiger partial charge is 0.166 e. The number of fused-ring (bicyclic) bond motifs is 1. The highest BCUT2D eigenvalue weighted by molar-refractivity contribution is 5.97. The summed E-state index contributed by atoms with van der Waals surface area (Å²) in [7, 11) is 1.76. The number of ether oxygens (including phenoxy) is 1. The van der Waals surface area contributed by atoms with E-state index in [4.69, 9.17) is 9.72 Å². The first-order valence-corrected chi connectivity index (χ1v) is 7.70. The van der Waals surface area contributed by atoms with Crippen LogP contribution in [-0.2, 0) is 16.8 Å². The molecule has 0 bridgehead atoms. The van der Waals surface area contributed by atoms with Crippen LogP contribution in [0, 0.1) is 0 Å². The number of aromatic nitrogens is 2. The van der Waals surface area contributed by atoms with Crippen molar-refractivity contribution in [1.82, 2.24) is 9.97 Å². The number of hydrogen-bond donors (Lipinski definition) is 0. The fourth-order valence-electron chi connectivity index (χ4n) is 3.43. The van der Waals surface area contributed by atoms with Gasteiger partial charge in [0.25, 0.3) is 0 Å². The number of nitrogens with zero attached hydrogens (tertiary/aromatic N) is 2. The van der Waals surface area contributed by atoms with E-state index in [0.29, 0.717) is 6.42 Å². The first-order valence-electron chi connectivity index (χ1n) is 7.70. The van der Waals surface area contributed by atoms with Gasteiger partial charge in [0, 0.05) is 19.7 Å². The van der Waals surface area contributed by atoms with Crippen LogP contribution in [-0.4, -0.2) is 22.9 Å². The van der Waals surface area contributed by atoms with E-state index in [1.807, 2.05) is 0 Å². The number of carbonyl (C=O) groups excluding carboxylic acids is 1. The van der Waals surface area contributed by atoms with Crippen LogP contribution in [0.15, 0.2) is 6.20 Å². The molecule has 108 valence electrons. The summed E-state index contributed by atoms with van der Waals surface area (Å²) < 4.78 is 5.85. The molecule has 1 heterocycles. The van der Waals surface area contributed by atoms with Crippen molar-refractivity contribution in [3.8, 4) is 0 Å². The summed E-state index contributed by atoms with van der Waals surface area (Å²) in [6.45, 7) is 0. The molecule has 4 heteroatoms. The highest BCUT2D eigenvalue weighted by Crippen LogP contribution is 2.37. The standard InChI is InChI=1S/C16H22N2O2/c1-20-16(9-4-2-3-5-10-16)15-17-11-12-13(18-15)7-6-8-14(12)19/h11H,2-10H2,1H3. The molecule has 2 aliphatic carbocycles. The minimum absolute atomic E-state index is 0.185. The van der Waals surface area contributed by atoms with Gasteiger partial charge in [0.1, 0.15) is 5.60 Å². The molecule has 1 fully saturated rings. The van der Waals surface area contributed by atoms with Gasteiger partial charge in [-0.15, -0.1) is 0 Å². The van der Waals surface area contributed by atoms with Crippen molar-refractivity contribution in [2.45, 2.75) is 63.4 Å². The average Bonchev–Trinajstić information content (AvgIpc) is 2.73. The Labute approximate surface area is 120 Å². The van der Waals surface area contributed by atoms with Crippen molar-refractivity contribution in [3.05, 3.63) is 23.3 Å². The molecule has 0 saturated heterocycles. The zero-order valence-corrected chi connectivity index (χ0v) is 12.2. The zero-order valence-electron chi connectivity index (χ0n) is 12.2. The lowest BCUT2D eigenvalue weighted by molar-refractivity contribution is -0.0353. The molecule has 0 radical (unpaired) electrons. The molecule has 0 atom stereocenters. The maximum atomic E-state index is 11.9. The second kappa shape index (κ2) is 5.60. The molecule has 3 rings (SSSR count). The van der Waals surface area contributed by atoms with Gasteiger partial charge in [-0.25, -0.2) is 9.97 Å². The topological polar surface area (TPSA) is 52.1 Å². The lowest BCUT2D eigenvalue weighted by atomic mass is 9.91. The Bertz CT molecular complexity index is 505. The largest absolute Gasteiger partial charge is 0.370 e. The third-order valence-electron chi connectivity index (χ3n) is 4.70. The van der Waals surface area contributed by atoms with Crippen molar-refractivity contribution in [2.75, 3.05) is 7.11 Å². The number of Topliss-reactive ketones (excluding diaryl/α,β-unsaturated/α-hetero) is 1. The SMILES string of the molecule is COC1(c2ncc3c(n2)CCCC3=O)CCCCCC1. The Morgan fingerprint density at radius 1 is 1.10 bits per heavy atom. The first kappa shape index (κ1) is 13.7. The summed E-state index contributed by atoms with van der Waals surface area (Å²) in [5.41, 5.74) is 1.30. The predicted octanol–water partition coefficient (Wildman–Crippen LogP) is 3.19. The van der Waals surface area contributed by atoms with Gasteiger partial charge >= 0.3 is 0 Å². The summed E-state index contributed by atoms with van der Waals surface area (Å²) in [4.78, 5) is 21.1. The van der Waals surface area contributed by atoms with Crippen molar-refractivity contribution in [2.24, 2.45) is 0 Å². The van der Waals surface area contributed by atoms with Crippen LogP contribution in [0.3, 0.4) is 0 Å². The second-order valence-electron chi connectivity index (χ2n) is 5.94. The van der Waals surface area contributed by atoms with Gasteiger partial charge < -0.3 is 4.74 Å². The molecule has 20 heavy (non-hydrogen) atoms. The minimum atomic E-state index is -0.341. The average molecular weight is 274 g/mol. The van der Waals surface area contributed by atoms with Crippen LogP contribution < -0.4 is 0 Å². The molecule has 2 aliphatic rings. The Kier molecular flexibility index (Phi) is 3.83. The summed E-state index contributed by atoms with van der Waals surface area (Å²) in [5, 5.41) is 0. The molecule has 1 saturated carbocycles. The summed E-state index contributed by atoms with van der Waals surface area (Å²) in [6, 6.07) is 0. The van der Waals surface area contributed by atoms with Gasteiger partial charge in [-0.2, -0.15) is 0 Å². The van der Waals surface area contributed by atoms with Crippen molar-refractivity contribution in [3.63, 3.8) is 0 Å². The van der Waals surface area contributed by atoms with Crippen molar-refractivity contribution < 1.29 is 9.53 Å². The molecule has 0 aromatic carbocycles. The molecular formula is C16H22N2O2. The zero-order chi connectivity index (χ0) is 14.0. The van der Waals surface area contributed by atoms with E-state index in [0.717, 1.165) is 55.6 Å². The van der Waals surface area contributed by atoms with Gasteiger partial charge in [0.2, 0.25) is 0 Å². The van der Waals surface area contributed by atoms with E-state index < -0.39 is 0 Å². The van der Waals surface area contributed by atoms with Crippen LogP contribution in [0.5, 0.6) is 0 Å². The first-order chi connectivity index (χ1) is 9.75. The maximum absolute atomic E-state index is 11.9. The lowest BCUT2D eigenvalue weighted by Gasteiger charge is -2.30. The van der Waals surface area contributed by atoms with E-state index in [1.165, 1.54) is 12.8 Å². The summed E-state index contributed by atoms with van der Waals surface area (Å²) >= 11 is 0. The van der Waals surface area contributed by atoms with E-state index in [9.17, 15) is 4.79 Å². The van der Waals surface area contributed by atoms with Gasteiger partial charge in [0.15, 0.2) is 11.6 Å². The number of hydrogen-bond acceptors (Lipinski definition) is 4. The Hall–Kier alpha value is -1.29. The molecule has 1 aromatic rings. The molecular weight excluding hydrogens is 252 g/mol. The van der Waals surface area contributed by atoms with E-state index >= 15 is 0 Å². The van der Waals surface area contributed by atoms with Crippen LogP contribution in [0.1, 0.15) is 73.2 Å². The monoisotopic (exact) mass is 274 g/mol. The van der Waals surface area contributed by atoms with E-state index in [-0.39, 0.29) is 11.4 Å². The van der Waals surface area contributed by atoms with Crippen molar-refractivity contribution >= 4 is 5.78 Å². The third-order valence-corrected chi connectivity index (χ3v) is 4.70. The van der Waals surface area contributed by atoms with Crippen molar-refractivity contribution in [1.29, 1.82) is 0 Å². The molecule has 0 amide bonds. The maximum Gasteiger partial charge on any atom is 0.166 e. The van der Waals surface area contributed by atoms with Crippen LogP contribution in [0.2, 0.25) is 0 Å². The van der Waals surface area contributed by atoms with Gasteiger partial charge in [0.05, 0.1) is 11.3 Å². The van der Waals surface area contributed by atoms with Crippen LogP contribution in [0.4, 0.5) is 0 Å². The molecule has 1 aromatic heterocycles. The molecule has 0 unspecified atom stereocenters. The van der Waals surface area contributed by atoms with Crippen LogP contribution >= 0.6 is 0 Å².